The zero-order valence-corrected chi connectivity index (χ0v) is 15.9. The second kappa shape index (κ2) is 7.88. The Labute approximate surface area is 166 Å². The molecule has 2 unspecified atom stereocenters. The van der Waals surface area contributed by atoms with Crippen molar-refractivity contribution in [3.05, 3.63) is 40.6 Å². The summed E-state index contributed by atoms with van der Waals surface area (Å²) in [5.74, 6) is -0.359. The summed E-state index contributed by atoms with van der Waals surface area (Å²) in [7, 11) is 0. The van der Waals surface area contributed by atoms with Gasteiger partial charge in [-0.25, -0.2) is 9.37 Å². The number of amides is 1. The number of halogens is 1. The summed E-state index contributed by atoms with van der Waals surface area (Å²) in [5, 5.41) is 17.6. The van der Waals surface area contributed by atoms with Crippen LogP contribution in [-0.4, -0.2) is 66.4 Å². The van der Waals surface area contributed by atoms with Crippen molar-refractivity contribution in [2.24, 2.45) is 0 Å². The first-order valence-corrected chi connectivity index (χ1v) is 9.51. The van der Waals surface area contributed by atoms with Gasteiger partial charge >= 0.3 is 0 Å². The van der Waals surface area contributed by atoms with Crippen molar-refractivity contribution in [1.82, 2.24) is 15.6 Å². The van der Waals surface area contributed by atoms with Gasteiger partial charge in [-0.15, -0.1) is 0 Å². The predicted molar refractivity (Wildman–Crippen MR) is 105 cm³/mol. The fourth-order valence-electron chi connectivity index (χ4n) is 3.92. The van der Waals surface area contributed by atoms with Gasteiger partial charge in [-0.3, -0.25) is 14.9 Å². The van der Waals surface area contributed by atoms with E-state index in [-0.39, 0.29) is 30.8 Å². The number of pyridine rings is 1. The lowest BCUT2D eigenvalue weighted by Gasteiger charge is -2.38. The molecule has 4 rings (SSSR count). The molecule has 10 heteroatoms. The number of non-ortho nitro benzene ring substituents is 1. The number of fused-ring (bicyclic) bond motifs is 1. The first-order chi connectivity index (χ1) is 13.9. The van der Waals surface area contributed by atoms with Crippen molar-refractivity contribution in [3.63, 3.8) is 0 Å². The van der Waals surface area contributed by atoms with Crippen molar-refractivity contribution in [2.75, 3.05) is 31.1 Å². The molecule has 3 heterocycles. The van der Waals surface area contributed by atoms with Crippen LogP contribution in [0.25, 0.3) is 10.9 Å². The number of nitro groups is 1. The number of hydrogen-bond acceptors (Lipinski definition) is 7. The molecule has 1 aromatic heterocycles. The first-order valence-electron chi connectivity index (χ1n) is 9.51. The Morgan fingerprint density at radius 2 is 2.21 bits per heavy atom. The Morgan fingerprint density at radius 3 is 2.93 bits per heavy atom. The molecule has 0 saturated carbocycles. The number of morpholine rings is 1. The van der Waals surface area contributed by atoms with E-state index in [1.807, 2.05) is 11.8 Å². The van der Waals surface area contributed by atoms with Crippen LogP contribution < -0.4 is 15.5 Å². The number of nitrogens with one attached hydrogen (secondary N) is 2. The van der Waals surface area contributed by atoms with Crippen LogP contribution in [0, 0.1) is 10.1 Å². The molecule has 4 atom stereocenters. The lowest BCUT2D eigenvalue weighted by atomic mass is 10.1. The van der Waals surface area contributed by atoms with Crippen molar-refractivity contribution in [1.29, 1.82) is 0 Å². The van der Waals surface area contributed by atoms with Crippen molar-refractivity contribution in [3.8, 4) is 0 Å². The summed E-state index contributed by atoms with van der Waals surface area (Å²) in [6.45, 7) is 3.24. The number of nitrogens with zero attached hydrogens (tertiary/aromatic N) is 3. The fourth-order valence-corrected chi connectivity index (χ4v) is 3.92. The van der Waals surface area contributed by atoms with Gasteiger partial charge in [0.05, 0.1) is 23.6 Å². The normalized spacial score (nSPS) is 27.2. The lowest BCUT2D eigenvalue weighted by Crippen LogP contribution is -2.55. The van der Waals surface area contributed by atoms with Crippen LogP contribution in [0.4, 0.5) is 15.8 Å². The number of rotatable bonds is 4. The monoisotopic (exact) mass is 403 g/mol. The van der Waals surface area contributed by atoms with E-state index < -0.39 is 23.2 Å². The molecule has 1 aromatic carbocycles. The van der Waals surface area contributed by atoms with E-state index in [2.05, 4.69) is 15.6 Å². The van der Waals surface area contributed by atoms with Gasteiger partial charge in [-0.05, 0) is 25.1 Å². The minimum Gasteiger partial charge on any atom is -0.365 e. The van der Waals surface area contributed by atoms with E-state index in [9.17, 15) is 19.3 Å². The zero-order valence-electron chi connectivity index (χ0n) is 15.9. The molecule has 0 radical (unpaired) electrons. The largest absolute Gasteiger partial charge is 0.365 e. The number of carbonyl (C=O) groups is 1. The molecule has 0 bridgehead atoms. The summed E-state index contributed by atoms with van der Waals surface area (Å²) in [5.41, 5.74) is 0.979. The number of anilines is 1. The Morgan fingerprint density at radius 1 is 1.38 bits per heavy atom. The van der Waals surface area contributed by atoms with Crippen LogP contribution in [0.1, 0.15) is 6.92 Å². The van der Waals surface area contributed by atoms with Crippen LogP contribution in [-0.2, 0) is 9.53 Å². The average Bonchev–Trinajstić information content (AvgIpc) is 3.10. The second-order valence-electron chi connectivity index (χ2n) is 7.39. The third kappa shape index (κ3) is 3.85. The van der Waals surface area contributed by atoms with Crippen LogP contribution >= 0.6 is 0 Å². The van der Waals surface area contributed by atoms with E-state index >= 15 is 0 Å². The standard InChI is InChI=1S/C19H22FN5O4/c1-11-9-24(10-17(29-11)19(26)23-14-8-21-7-13(14)20)15-4-5-16(25(27)28)18-12(15)3-2-6-22-18/h2-6,11,13-14,17,21H,7-10H2,1H3,(H,23,26)/t11-,13?,14?,17-/m1/s1. The molecule has 9 nitrogen and oxygen atoms in total. The maximum absolute atomic E-state index is 13.8. The molecule has 0 aliphatic carbocycles. The first kappa shape index (κ1) is 19.5. The molecule has 2 aromatic rings. The number of alkyl halides is 1. The highest BCUT2D eigenvalue weighted by Gasteiger charge is 2.35. The molecule has 0 spiro atoms. The van der Waals surface area contributed by atoms with E-state index in [1.165, 1.54) is 12.3 Å². The summed E-state index contributed by atoms with van der Waals surface area (Å²) >= 11 is 0. The van der Waals surface area contributed by atoms with Crippen molar-refractivity contribution >= 4 is 28.2 Å². The summed E-state index contributed by atoms with van der Waals surface area (Å²) in [6, 6.07) is 6.03. The van der Waals surface area contributed by atoms with E-state index in [0.717, 1.165) is 5.69 Å². The second-order valence-corrected chi connectivity index (χ2v) is 7.39. The lowest BCUT2D eigenvalue weighted by molar-refractivity contribution is -0.383. The maximum atomic E-state index is 13.8. The minimum absolute atomic E-state index is 0.0670. The highest BCUT2D eigenvalue weighted by molar-refractivity contribution is 5.97. The van der Waals surface area contributed by atoms with Crippen molar-refractivity contribution < 1.29 is 18.8 Å². The van der Waals surface area contributed by atoms with E-state index in [1.54, 1.807) is 18.2 Å². The Hall–Kier alpha value is -2.85. The predicted octanol–water partition coefficient (Wildman–Crippen LogP) is 1.16. The van der Waals surface area contributed by atoms with Gasteiger partial charge in [0, 0.05) is 43.0 Å². The highest BCUT2D eigenvalue weighted by Crippen LogP contribution is 2.33. The zero-order chi connectivity index (χ0) is 20.5. The quantitative estimate of drug-likeness (QED) is 0.582. The van der Waals surface area contributed by atoms with Gasteiger partial charge < -0.3 is 20.3 Å². The summed E-state index contributed by atoms with van der Waals surface area (Å²) in [4.78, 5) is 29.7. The topological polar surface area (TPSA) is 110 Å². The number of nitro benzene ring substituents is 1. The molecule has 1 amide bonds. The van der Waals surface area contributed by atoms with Crippen LogP contribution in [0.5, 0.6) is 0 Å². The van der Waals surface area contributed by atoms with Gasteiger partial charge in [-0.1, -0.05) is 0 Å². The molecule has 2 aliphatic heterocycles. The molecular formula is C19H22FN5O4. The minimum atomic E-state index is -1.12. The van der Waals surface area contributed by atoms with Gasteiger partial charge in [0.1, 0.15) is 11.7 Å². The Kier molecular flexibility index (Phi) is 5.29. The van der Waals surface area contributed by atoms with Crippen LogP contribution in [0.3, 0.4) is 0 Å². The average molecular weight is 403 g/mol. The molecular weight excluding hydrogens is 381 g/mol. The molecule has 154 valence electrons. The summed E-state index contributed by atoms with van der Waals surface area (Å²) in [6.07, 6.45) is -0.626. The van der Waals surface area contributed by atoms with Crippen LogP contribution in [0.2, 0.25) is 0 Å². The third-order valence-corrected chi connectivity index (χ3v) is 5.28. The SMILES string of the molecule is C[C@@H]1CN(c2ccc([N+](=O)[O-])c3ncccc23)C[C@H](C(=O)NC2CNCC2F)O1. The van der Waals surface area contributed by atoms with Gasteiger partial charge in [0.15, 0.2) is 6.10 Å². The van der Waals surface area contributed by atoms with Crippen molar-refractivity contribution in [2.45, 2.75) is 31.3 Å². The van der Waals surface area contributed by atoms with Gasteiger partial charge in [0.25, 0.3) is 11.6 Å². The maximum Gasteiger partial charge on any atom is 0.295 e. The van der Waals surface area contributed by atoms with Gasteiger partial charge in [0.2, 0.25) is 0 Å². The molecule has 2 aliphatic rings. The number of aromatic nitrogens is 1. The Bertz CT molecular complexity index is 942. The molecule has 2 fully saturated rings. The number of carbonyl (C=O) groups excluding carboxylic acids is 1. The molecule has 2 saturated heterocycles. The summed E-state index contributed by atoms with van der Waals surface area (Å²) < 4.78 is 19.6. The fraction of sp³-hybridized carbons (Fsp3) is 0.474. The highest BCUT2D eigenvalue weighted by atomic mass is 19.1. The smallest absolute Gasteiger partial charge is 0.295 e. The van der Waals surface area contributed by atoms with E-state index in [0.29, 0.717) is 24.0 Å². The number of hydrogen-bond donors (Lipinski definition) is 2. The van der Waals surface area contributed by atoms with Gasteiger partial charge in [-0.2, -0.15) is 0 Å². The third-order valence-electron chi connectivity index (χ3n) is 5.28. The number of ether oxygens (including phenoxy) is 1. The van der Waals surface area contributed by atoms with Crippen LogP contribution in [0.15, 0.2) is 30.5 Å². The number of benzene rings is 1. The Balaban J connectivity index is 1.59. The molecule has 29 heavy (non-hydrogen) atoms. The van der Waals surface area contributed by atoms with E-state index in [4.69, 9.17) is 4.74 Å². The molecule has 2 N–H and O–H groups in total.